The van der Waals surface area contributed by atoms with Crippen LogP contribution >= 0.6 is 22.3 Å². The first kappa shape index (κ1) is 16.6. The number of hydrogen-bond acceptors (Lipinski definition) is 4. The number of sulfonamides is 1. The van der Waals surface area contributed by atoms with Crippen molar-refractivity contribution in [2.24, 2.45) is 5.92 Å². The van der Waals surface area contributed by atoms with Gasteiger partial charge in [0.1, 0.15) is 4.90 Å². The smallest absolute Gasteiger partial charge is 0.262 e. The first-order valence-corrected chi connectivity index (χ1v) is 9.60. The average Bonchev–Trinajstić information content (AvgIpc) is 2.11. The highest BCUT2D eigenvalue weighted by atomic mass is 35.7. The van der Waals surface area contributed by atoms with Gasteiger partial charge in [0.05, 0.1) is 16.5 Å². The molecule has 0 atom stereocenters. The molecular weight excluding hydrogens is 333 g/mol. The second-order valence-electron chi connectivity index (χ2n) is 4.36. The van der Waals surface area contributed by atoms with Crippen molar-refractivity contribution in [1.82, 2.24) is 0 Å². The quantitative estimate of drug-likeness (QED) is 0.831. The van der Waals surface area contributed by atoms with Gasteiger partial charge in [-0.05, 0) is 24.1 Å². The predicted molar refractivity (Wildman–Crippen MR) is 76.7 cm³/mol. The van der Waals surface area contributed by atoms with E-state index in [1.165, 1.54) is 12.1 Å². The van der Waals surface area contributed by atoms with Crippen molar-refractivity contribution in [2.45, 2.75) is 18.7 Å². The zero-order chi connectivity index (χ0) is 14.8. The van der Waals surface area contributed by atoms with E-state index in [4.69, 9.17) is 22.3 Å². The molecule has 0 radical (unpaired) electrons. The van der Waals surface area contributed by atoms with Crippen molar-refractivity contribution in [2.75, 3.05) is 10.5 Å². The summed E-state index contributed by atoms with van der Waals surface area (Å²) in [6.45, 7) is 3.55. The number of rotatable bonds is 5. The lowest BCUT2D eigenvalue weighted by Gasteiger charge is -2.10. The number of hydrogen-bond donors (Lipinski definition) is 1. The van der Waals surface area contributed by atoms with Crippen LogP contribution < -0.4 is 4.72 Å². The van der Waals surface area contributed by atoms with E-state index in [1.807, 2.05) is 0 Å². The van der Waals surface area contributed by atoms with Crippen LogP contribution in [-0.2, 0) is 19.1 Å². The SMILES string of the molecule is CC(C)CS(=O)(=O)Nc1ccc(S(=O)(=O)Cl)c(Cl)c1. The van der Waals surface area contributed by atoms with Crippen molar-refractivity contribution < 1.29 is 16.8 Å². The summed E-state index contributed by atoms with van der Waals surface area (Å²) in [4.78, 5) is -0.261. The van der Waals surface area contributed by atoms with E-state index in [1.54, 1.807) is 13.8 Å². The van der Waals surface area contributed by atoms with Gasteiger partial charge in [-0.2, -0.15) is 0 Å². The molecular formula is C10H13Cl2NO4S2. The highest BCUT2D eigenvalue weighted by Crippen LogP contribution is 2.28. The lowest BCUT2D eigenvalue weighted by atomic mass is 10.3. The second kappa shape index (κ2) is 5.87. The molecule has 1 aromatic rings. The molecule has 0 saturated carbocycles. The molecule has 0 aliphatic carbocycles. The minimum absolute atomic E-state index is 0.0320. The summed E-state index contributed by atoms with van der Waals surface area (Å²) in [5.41, 5.74) is 0.190. The molecule has 0 unspecified atom stereocenters. The van der Waals surface area contributed by atoms with Gasteiger partial charge in [-0.25, -0.2) is 16.8 Å². The maximum atomic E-state index is 11.7. The van der Waals surface area contributed by atoms with Gasteiger partial charge in [0.15, 0.2) is 0 Å². The van der Waals surface area contributed by atoms with Gasteiger partial charge < -0.3 is 0 Å². The van der Waals surface area contributed by atoms with Gasteiger partial charge in [-0.1, -0.05) is 25.4 Å². The van der Waals surface area contributed by atoms with Crippen LogP contribution in [-0.4, -0.2) is 22.6 Å². The zero-order valence-electron chi connectivity index (χ0n) is 10.2. The van der Waals surface area contributed by atoms with E-state index >= 15 is 0 Å². The summed E-state index contributed by atoms with van der Waals surface area (Å²) in [5.74, 6) is -0.0735. The third-order valence-electron chi connectivity index (χ3n) is 2.02. The van der Waals surface area contributed by atoms with Gasteiger partial charge in [0.25, 0.3) is 9.05 Å². The Morgan fingerprint density at radius 2 is 1.79 bits per heavy atom. The molecule has 108 valence electrons. The van der Waals surface area contributed by atoms with Crippen molar-refractivity contribution in [3.05, 3.63) is 23.2 Å². The van der Waals surface area contributed by atoms with Gasteiger partial charge in [0, 0.05) is 10.7 Å². The molecule has 0 heterocycles. The maximum Gasteiger partial charge on any atom is 0.262 e. The van der Waals surface area contributed by atoms with Crippen LogP contribution in [0.15, 0.2) is 23.1 Å². The molecule has 0 spiro atoms. The fourth-order valence-corrected chi connectivity index (χ4v) is 4.40. The zero-order valence-corrected chi connectivity index (χ0v) is 13.4. The minimum Gasteiger partial charge on any atom is -0.283 e. The van der Waals surface area contributed by atoms with Gasteiger partial charge in [-0.15, -0.1) is 0 Å². The molecule has 1 N–H and O–H groups in total. The Hall–Kier alpha value is -0.500. The first-order valence-electron chi connectivity index (χ1n) is 5.26. The van der Waals surface area contributed by atoms with E-state index < -0.39 is 19.1 Å². The van der Waals surface area contributed by atoms with E-state index in [0.717, 1.165) is 6.07 Å². The highest BCUT2D eigenvalue weighted by Gasteiger charge is 2.17. The normalized spacial score (nSPS) is 12.7. The largest absolute Gasteiger partial charge is 0.283 e. The molecule has 0 aliphatic heterocycles. The lowest BCUT2D eigenvalue weighted by molar-refractivity contribution is 0.587. The van der Waals surface area contributed by atoms with Crippen LogP contribution in [0.5, 0.6) is 0 Å². The monoisotopic (exact) mass is 345 g/mol. The highest BCUT2D eigenvalue weighted by molar-refractivity contribution is 8.13. The van der Waals surface area contributed by atoms with Crippen molar-refractivity contribution in [1.29, 1.82) is 0 Å². The standard InChI is InChI=1S/C10H13Cl2NO4S2/c1-7(2)6-18(14,15)13-8-3-4-10(9(11)5-8)19(12,16)17/h3-5,7,13H,6H2,1-2H3. The molecule has 0 saturated heterocycles. The van der Waals surface area contributed by atoms with Crippen molar-refractivity contribution in [3.8, 4) is 0 Å². The summed E-state index contributed by atoms with van der Waals surface area (Å²) in [7, 11) is -2.27. The Morgan fingerprint density at radius 1 is 1.21 bits per heavy atom. The van der Waals surface area contributed by atoms with Crippen LogP contribution in [0.2, 0.25) is 5.02 Å². The van der Waals surface area contributed by atoms with Crippen molar-refractivity contribution >= 4 is 47.0 Å². The van der Waals surface area contributed by atoms with E-state index in [-0.39, 0.29) is 27.3 Å². The maximum absolute atomic E-state index is 11.7. The number of nitrogens with one attached hydrogen (secondary N) is 1. The summed E-state index contributed by atoms with van der Waals surface area (Å²) < 4.78 is 48.0. The summed E-state index contributed by atoms with van der Waals surface area (Å²) in [6.07, 6.45) is 0. The topological polar surface area (TPSA) is 80.3 Å². The van der Waals surface area contributed by atoms with E-state index in [0.29, 0.717) is 0 Å². The number of anilines is 1. The summed E-state index contributed by atoms with van der Waals surface area (Å²) in [6, 6.07) is 3.64. The minimum atomic E-state index is -3.95. The van der Waals surface area contributed by atoms with E-state index in [2.05, 4.69) is 4.72 Å². The third kappa shape index (κ3) is 5.18. The molecule has 1 aromatic carbocycles. The number of benzene rings is 1. The molecule has 0 fully saturated rings. The molecule has 1 rings (SSSR count). The summed E-state index contributed by atoms with van der Waals surface area (Å²) in [5, 5.41) is -0.139. The van der Waals surface area contributed by atoms with Crippen LogP contribution in [0, 0.1) is 5.92 Å². The second-order valence-corrected chi connectivity index (χ2v) is 9.07. The Bertz CT molecular complexity index is 669. The molecule has 0 bridgehead atoms. The Labute approximate surface area is 122 Å². The van der Waals surface area contributed by atoms with Gasteiger partial charge in [-0.3, -0.25) is 4.72 Å². The third-order valence-corrected chi connectivity index (χ3v) is 5.48. The first-order chi connectivity index (χ1) is 8.51. The molecule has 5 nitrogen and oxygen atoms in total. The Balaban J connectivity index is 3.04. The van der Waals surface area contributed by atoms with Crippen LogP contribution in [0.4, 0.5) is 5.69 Å². The molecule has 9 heteroatoms. The fourth-order valence-electron chi connectivity index (χ4n) is 1.42. The molecule has 0 aromatic heterocycles. The predicted octanol–water partition coefficient (Wildman–Crippen LogP) is 2.67. The van der Waals surface area contributed by atoms with Gasteiger partial charge in [0.2, 0.25) is 10.0 Å². The van der Waals surface area contributed by atoms with Crippen LogP contribution in [0.25, 0.3) is 0 Å². The van der Waals surface area contributed by atoms with Crippen molar-refractivity contribution in [3.63, 3.8) is 0 Å². The van der Waals surface area contributed by atoms with Crippen LogP contribution in [0.3, 0.4) is 0 Å². The fraction of sp³-hybridized carbons (Fsp3) is 0.400. The Morgan fingerprint density at radius 3 is 2.21 bits per heavy atom. The summed E-state index contributed by atoms with van der Waals surface area (Å²) >= 11 is 5.75. The molecule has 0 amide bonds. The lowest BCUT2D eigenvalue weighted by Crippen LogP contribution is -2.20. The van der Waals surface area contributed by atoms with Crippen LogP contribution in [0.1, 0.15) is 13.8 Å². The molecule has 0 aliphatic rings. The Kier molecular flexibility index (Phi) is 5.11. The number of halogens is 2. The van der Waals surface area contributed by atoms with E-state index in [9.17, 15) is 16.8 Å². The molecule has 19 heavy (non-hydrogen) atoms. The average molecular weight is 346 g/mol. The van der Waals surface area contributed by atoms with Gasteiger partial charge >= 0.3 is 0 Å².